The van der Waals surface area contributed by atoms with Crippen molar-refractivity contribution in [3.05, 3.63) is 94.3 Å². The number of aromatic nitrogens is 1. The number of ether oxygens (including phenoxy) is 1. The number of benzene rings is 2. The maximum atomic E-state index is 12.7. The van der Waals surface area contributed by atoms with Gasteiger partial charge in [-0.2, -0.15) is 0 Å². The normalized spacial score (nSPS) is 14.2. The van der Waals surface area contributed by atoms with Crippen LogP contribution in [0.3, 0.4) is 0 Å². The zero-order valence-corrected chi connectivity index (χ0v) is 18.3. The minimum atomic E-state index is -0.0969. The number of halogens is 1. The van der Waals surface area contributed by atoms with Gasteiger partial charge in [-0.3, -0.25) is 4.79 Å². The summed E-state index contributed by atoms with van der Waals surface area (Å²) < 4.78 is 6.06. The highest BCUT2D eigenvalue weighted by Crippen LogP contribution is 2.26. The number of rotatable bonds is 7. The van der Waals surface area contributed by atoms with Crippen molar-refractivity contribution < 1.29 is 9.53 Å². The standard InChI is InChI=1S/C26H27ClN2O2/c27-21-14-15-25(31-18-19-8-3-1-4-9-19)20(16-21)17-23-12-7-13-24(28-23)26(30)29-22-10-5-2-6-11-22/h1,3-4,7-9,12-16,22H,2,5-6,10-11,17-18H2,(H,29,30). The Balaban J connectivity index is 1.46. The number of amides is 1. The summed E-state index contributed by atoms with van der Waals surface area (Å²) in [5.74, 6) is 0.674. The number of nitrogens with one attached hydrogen (secondary N) is 1. The van der Waals surface area contributed by atoms with E-state index in [-0.39, 0.29) is 11.9 Å². The van der Waals surface area contributed by atoms with E-state index in [1.807, 2.05) is 60.7 Å². The molecule has 160 valence electrons. The fourth-order valence-electron chi connectivity index (χ4n) is 3.97. The Hall–Kier alpha value is -2.85. The van der Waals surface area contributed by atoms with Gasteiger partial charge in [0.1, 0.15) is 18.1 Å². The number of hydrogen-bond donors (Lipinski definition) is 1. The van der Waals surface area contributed by atoms with Crippen LogP contribution in [0, 0.1) is 0 Å². The van der Waals surface area contributed by atoms with Gasteiger partial charge in [-0.1, -0.05) is 67.3 Å². The molecule has 3 aromatic rings. The van der Waals surface area contributed by atoms with Crippen LogP contribution in [0.25, 0.3) is 0 Å². The van der Waals surface area contributed by atoms with Crippen LogP contribution in [0.4, 0.5) is 0 Å². The molecule has 0 aliphatic heterocycles. The molecule has 2 aromatic carbocycles. The summed E-state index contributed by atoms with van der Waals surface area (Å²) in [5, 5.41) is 3.78. The van der Waals surface area contributed by atoms with Gasteiger partial charge in [-0.25, -0.2) is 4.98 Å². The van der Waals surface area contributed by atoms with Crippen LogP contribution in [0.2, 0.25) is 5.02 Å². The van der Waals surface area contributed by atoms with Crippen molar-refractivity contribution in [1.82, 2.24) is 10.3 Å². The van der Waals surface area contributed by atoms with Crippen molar-refractivity contribution >= 4 is 17.5 Å². The van der Waals surface area contributed by atoms with E-state index in [4.69, 9.17) is 16.3 Å². The molecule has 31 heavy (non-hydrogen) atoms. The summed E-state index contributed by atoms with van der Waals surface area (Å²) in [6, 6.07) is 21.5. The predicted molar refractivity (Wildman–Crippen MR) is 124 cm³/mol. The molecule has 5 heteroatoms. The lowest BCUT2D eigenvalue weighted by Gasteiger charge is -2.22. The van der Waals surface area contributed by atoms with Crippen molar-refractivity contribution in [3.8, 4) is 5.75 Å². The molecule has 1 aliphatic rings. The second kappa shape index (κ2) is 10.5. The lowest BCUT2D eigenvalue weighted by atomic mass is 9.95. The lowest BCUT2D eigenvalue weighted by molar-refractivity contribution is 0.0922. The second-order valence-electron chi connectivity index (χ2n) is 8.03. The van der Waals surface area contributed by atoms with Crippen LogP contribution in [0.15, 0.2) is 66.7 Å². The second-order valence-corrected chi connectivity index (χ2v) is 8.46. The molecule has 0 unspecified atom stereocenters. The van der Waals surface area contributed by atoms with Gasteiger partial charge < -0.3 is 10.1 Å². The van der Waals surface area contributed by atoms with Gasteiger partial charge in [0.2, 0.25) is 0 Å². The molecule has 1 aliphatic carbocycles. The van der Waals surface area contributed by atoms with Crippen molar-refractivity contribution in [3.63, 3.8) is 0 Å². The van der Waals surface area contributed by atoms with E-state index in [9.17, 15) is 4.79 Å². The monoisotopic (exact) mass is 434 g/mol. The van der Waals surface area contributed by atoms with Crippen LogP contribution in [-0.2, 0) is 13.0 Å². The molecule has 1 heterocycles. The van der Waals surface area contributed by atoms with E-state index < -0.39 is 0 Å². The van der Waals surface area contributed by atoms with Gasteiger partial charge in [-0.15, -0.1) is 0 Å². The Morgan fingerprint density at radius 3 is 2.61 bits per heavy atom. The highest BCUT2D eigenvalue weighted by atomic mass is 35.5. The average molecular weight is 435 g/mol. The minimum absolute atomic E-state index is 0.0969. The molecule has 0 spiro atoms. The Bertz CT molecular complexity index is 1020. The SMILES string of the molecule is O=C(NC1CCCCC1)c1cccc(Cc2cc(Cl)ccc2OCc2ccccc2)n1. The van der Waals surface area contributed by atoms with E-state index in [1.54, 1.807) is 6.07 Å². The zero-order chi connectivity index (χ0) is 21.5. The quantitative estimate of drug-likeness (QED) is 0.498. The Morgan fingerprint density at radius 2 is 1.81 bits per heavy atom. The van der Waals surface area contributed by atoms with E-state index in [0.29, 0.717) is 23.7 Å². The van der Waals surface area contributed by atoms with Gasteiger partial charge in [0.15, 0.2) is 0 Å². The van der Waals surface area contributed by atoms with Crippen LogP contribution < -0.4 is 10.1 Å². The molecule has 1 amide bonds. The molecule has 0 radical (unpaired) electrons. The third-order valence-corrected chi connectivity index (χ3v) is 5.85. The Kier molecular flexibility index (Phi) is 7.21. The first-order chi connectivity index (χ1) is 15.2. The highest BCUT2D eigenvalue weighted by Gasteiger charge is 2.18. The summed E-state index contributed by atoms with van der Waals surface area (Å²) >= 11 is 6.25. The number of nitrogens with zero attached hydrogens (tertiary/aromatic N) is 1. The fraction of sp³-hybridized carbons (Fsp3) is 0.308. The third kappa shape index (κ3) is 6.08. The molecule has 0 atom stereocenters. The first-order valence-electron chi connectivity index (χ1n) is 10.9. The highest BCUT2D eigenvalue weighted by molar-refractivity contribution is 6.30. The number of carbonyl (C=O) groups is 1. The van der Waals surface area contributed by atoms with Crippen molar-refractivity contribution in [2.75, 3.05) is 0 Å². The van der Waals surface area contributed by atoms with Gasteiger partial charge in [0, 0.05) is 28.7 Å². The van der Waals surface area contributed by atoms with Gasteiger partial charge >= 0.3 is 0 Å². The number of carbonyl (C=O) groups excluding carboxylic acids is 1. The van der Waals surface area contributed by atoms with E-state index in [0.717, 1.165) is 35.4 Å². The van der Waals surface area contributed by atoms with Crippen LogP contribution >= 0.6 is 11.6 Å². The first kappa shape index (κ1) is 21.4. The van der Waals surface area contributed by atoms with Gasteiger partial charge in [-0.05, 0) is 48.7 Å². The molecule has 0 bridgehead atoms. The van der Waals surface area contributed by atoms with Gasteiger partial charge in [0.25, 0.3) is 5.91 Å². The molecule has 1 N–H and O–H groups in total. The van der Waals surface area contributed by atoms with Crippen molar-refractivity contribution in [2.24, 2.45) is 0 Å². The van der Waals surface area contributed by atoms with Crippen molar-refractivity contribution in [2.45, 2.75) is 51.2 Å². The summed E-state index contributed by atoms with van der Waals surface area (Å²) in [5.41, 5.74) is 3.31. The fourth-order valence-corrected chi connectivity index (χ4v) is 4.16. The first-order valence-corrected chi connectivity index (χ1v) is 11.3. The number of hydrogen-bond acceptors (Lipinski definition) is 3. The maximum absolute atomic E-state index is 12.7. The Labute approximate surface area is 188 Å². The molecule has 0 saturated heterocycles. The molecule has 1 saturated carbocycles. The number of pyridine rings is 1. The molecule has 1 aromatic heterocycles. The summed E-state index contributed by atoms with van der Waals surface area (Å²) in [7, 11) is 0. The average Bonchev–Trinajstić information content (AvgIpc) is 2.80. The van der Waals surface area contributed by atoms with Gasteiger partial charge in [0.05, 0.1) is 0 Å². The van der Waals surface area contributed by atoms with E-state index in [1.165, 1.54) is 19.3 Å². The third-order valence-electron chi connectivity index (χ3n) is 5.61. The van der Waals surface area contributed by atoms with Crippen molar-refractivity contribution in [1.29, 1.82) is 0 Å². The smallest absolute Gasteiger partial charge is 0.270 e. The molecule has 4 rings (SSSR count). The minimum Gasteiger partial charge on any atom is -0.489 e. The molecular weight excluding hydrogens is 408 g/mol. The summed E-state index contributed by atoms with van der Waals surface area (Å²) in [4.78, 5) is 17.3. The molecule has 1 fully saturated rings. The Morgan fingerprint density at radius 1 is 1.00 bits per heavy atom. The lowest BCUT2D eigenvalue weighted by Crippen LogP contribution is -2.36. The van der Waals surface area contributed by atoms with E-state index >= 15 is 0 Å². The van der Waals surface area contributed by atoms with E-state index in [2.05, 4.69) is 10.3 Å². The molecule has 4 nitrogen and oxygen atoms in total. The predicted octanol–water partition coefficient (Wildman–Crippen LogP) is 5.97. The summed E-state index contributed by atoms with van der Waals surface area (Å²) in [6.07, 6.45) is 6.26. The largest absolute Gasteiger partial charge is 0.489 e. The molecular formula is C26H27ClN2O2. The van der Waals surface area contributed by atoms with Crippen LogP contribution in [0.5, 0.6) is 5.75 Å². The summed E-state index contributed by atoms with van der Waals surface area (Å²) in [6.45, 7) is 0.479. The maximum Gasteiger partial charge on any atom is 0.270 e. The van der Waals surface area contributed by atoms with Crippen LogP contribution in [-0.4, -0.2) is 16.9 Å². The van der Waals surface area contributed by atoms with Crippen LogP contribution in [0.1, 0.15) is 59.4 Å². The zero-order valence-electron chi connectivity index (χ0n) is 17.5. The topological polar surface area (TPSA) is 51.2 Å².